The van der Waals surface area contributed by atoms with Crippen molar-refractivity contribution in [1.82, 2.24) is 14.9 Å². The van der Waals surface area contributed by atoms with Crippen LogP contribution in [-0.2, 0) is 0 Å². The molecule has 0 aliphatic carbocycles. The van der Waals surface area contributed by atoms with Crippen molar-refractivity contribution in [3.05, 3.63) is 18.3 Å². The van der Waals surface area contributed by atoms with E-state index in [0.29, 0.717) is 11.8 Å². The predicted octanol–water partition coefficient (Wildman–Crippen LogP) is 0.454. The highest BCUT2D eigenvalue weighted by Crippen LogP contribution is 2.14. The molecule has 0 spiro atoms. The first-order chi connectivity index (χ1) is 7.69. The molecule has 5 heteroatoms. The molecule has 0 unspecified atom stereocenters. The van der Waals surface area contributed by atoms with Gasteiger partial charge >= 0.3 is 0 Å². The normalized spacial score (nSPS) is 17.4. The Morgan fingerprint density at radius 1 is 1.31 bits per heavy atom. The van der Waals surface area contributed by atoms with Crippen molar-refractivity contribution in [2.75, 3.05) is 43.9 Å². The van der Waals surface area contributed by atoms with Crippen LogP contribution in [0.4, 0.5) is 11.8 Å². The summed E-state index contributed by atoms with van der Waals surface area (Å²) in [7, 11) is 2.12. The second-order valence-corrected chi connectivity index (χ2v) is 4.01. The molecule has 0 bridgehead atoms. The molecule has 1 fully saturated rings. The molecule has 1 aliphatic heterocycles. The summed E-state index contributed by atoms with van der Waals surface area (Å²) >= 11 is 0. The number of piperazine rings is 1. The van der Waals surface area contributed by atoms with Gasteiger partial charge in [-0.15, -0.1) is 0 Å². The van der Waals surface area contributed by atoms with E-state index in [4.69, 9.17) is 5.73 Å². The van der Waals surface area contributed by atoms with Crippen LogP contribution in [-0.4, -0.2) is 48.1 Å². The second-order valence-electron chi connectivity index (χ2n) is 4.01. The summed E-state index contributed by atoms with van der Waals surface area (Å²) in [5, 5.41) is 0. The average Bonchev–Trinajstić information content (AvgIpc) is 2.29. The van der Waals surface area contributed by atoms with Crippen LogP contribution < -0.4 is 10.6 Å². The Bertz CT molecular complexity index is 382. The number of nitrogens with zero attached hydrogens (tertiary/aromatic N) is 4. The van der Waals surface area contributed by atoms with Gasteiger partial charge in [-0.05, 0) is 13.1 Å². The Kier molecular flexibility index (Phi) is 3.05. The first kappa shape index (κ1) is 10.9. The van der Waals surface area contributed by atoms with Crippen LogP contribution in [0.5, 0.6) is 0 Å². The van der Waals surface area contributed by atoms with E-state index < -0.39 is 0 Å². The average molecular weight is 219 g/mol. The van der Waals surface area contributed by atoms with Crippen molar-refractivity contribution < 1.29 is 0 Å². The summed E-state index contributed by atoms with van der Waals surface area (Å²) in [6, 6.07) is 1.73. The standard InChI is InChI=1S/C11H17N5/c1-3-9-8-10(12)14-11(13-9)16-6-4-15(2)5-7-16/h3,8H,1,4-7H2,2H3,(H2,12,13,14). The van der Waals surface area contributed by atoms with Crippen LogP contribution in [0, 0.1) is 0 Å². The molecule has 0 saturated carbocycles. The molecular formula is C11H17N5. The van der Waals surface area contributed by atoms with Gasteiger partial charge in [-0.25, -0.2) is 4.98 Å². The smallest absolute Gasteiger partial charge is 0.227 e. The molecule has 16 heavy (non-hydrogen) atoms. The number of hydrogen-bond donors (Lipinski definition) is 1. The van der Waals surface area contributed by atoms with Gasteiger partial charge in [0.2, 0.25) is 5.95 Å². The van der Waals surface area contributed by atoms with Crippen LogP contribution in [0.25, 0.3) is 6.08 Å². The van der Waals surface area contributed by atoms with Gasteiger partial charge in [0, 0.05) is 32.2 Å². The molecule has 0 atom stereocenters. The zero-order chi connectivity index (χ0) is 11.5. The molecule has 1 aromatic heterocycles. The lowest BCUT2D eigenvalue weighted by atomic mass is 10.3. The first-order valence-electron chi connectivity index (χ1n) is 5.39. The van der Waals surface area contributed by atoms with Crippen LogP contribution in [0.1, 0.15) is 5.69 Å². The fourth-order valence-electron chi connectivity index (χ4n) is 1.72. The van der Waals surface area contributed by atoms with Crippen molar-refractivity contribution in [3.63, 3.8) is 0 Å². The minimum Gasteiger partial charge on any atom is -0.384 e. The molecule has 0 amide bonds. The SMILES string of the molecule is C=Cc1cc(N)nc(N2CCN(C)CC2)n1. The van der Waals surface area contributed by atoms with E-state index in [1.165, 1.54) is 0 Å². The van der Waals surface area contributed by atoms with E-state index in [1.54, 1.807) is 12.1 Å². The van der Waals surface area contributed by atoms with Crippen molar-refractivity contribution >= 4 is 17.8 Å². The molecule has 0 radical (unpaired) electrons. The maximum atomic E-state index is 5.73. The minimum absolute atomic E-state index is 0.499. The quantitative estimate of drug-likeness (QED) is 0.782. The van der Waals surface area contributed by atoms with Crippen LogP contribution in [0.2, 0.25) is 0 Å². The number of aromatic nitrogens is 2. The molecular weight excluding hydrogens is 202 g/mol. The Morgan fingerprint density at radius 3 is 2.62 bits per heavy atom. The number of hydrogen-bond acceptors (Lipinski definition) is 5. The molecule has 2 N–H and O–H groups in total. The fourth-order valence-corrected chi connectivity index (χ4v) is 1.72. The highest BCUT2D eigenvalue weighted by atomic mass is 15.3. The predicted molar refractivity (Wildman–Crippen MR) is 66.2 cm³/mol. The van der Waals surface area contributed by atoms with E-state index in [0.717, 1.165) is 31.9 Å². The van der Waals surface area contributed by atoms with Gasteiger partial charge in [0.1, 0.15) is 5.82 Å². The Balaban J connectivity index is 2.19. The lowest BCUT2D eigenvalue weighted by molar-refractivity contribution is 0.311. The van der Waals surface area contributed by atoms with Crippen LogP contribution in [0.3, 0.4) is 0 Å². The monoisotopic (exact) mass is 219 g/mol. The Morgan fingerprint density at radius 2 is 2.00 bits per heavy atom. The maximum absolute atomic E-state index is 5.73. The highest BCUT2D eigenvalue weighted by Gasteiger charge is 2.16. The summed E-state index contributed by atoms with van der Waals surface area (Å²) < 4.78 is 0. The van der Waals surface area contributed by atoms with Gasteiger partial charge in [-0.1, -0.05) is 6.58 Å². The van der Waals surface area contributed by atoms with Crippen LogP contribution >= 0.6 is 0 Å². The Hall–Kier alpha value is -1.62. The third kappa shape index (κ3) is 2.30. The largest absolute Gasteiger partial charge is 0.384 e. The summed E-state index contributed by atoms with van der Waals surface area (Å²) in [6.07, 6.45) is 1.69. The number of nitrogen functional groups attached to an aromatic ring is 1. The van der Waals surface area contributed by atoms with Crippen molar-refractivity contribution in [1.29, 1.82) is 0 Å². The zero-order valence-corrected chi connectivity index (χ0v) is 9.56. The molecule has 1 aliphatic rings. The topological polar surface area (TPSA) is 58.3 Å². The Labute approximate surface area is 95.6 Å². The molecule has 5 nitrogen and oxygen atoms in total. The minimum atomic E-state index is 0.499. The number of rotatable bonds is 2. The van der Waals surface area contributed by atoms with Gasteiger partial charge in [0.15, 0.2) is 0 Å². The van der Waals surface area contributed by atoms with Crippen LogP contribution in [0.15, 0.2) is 12.6 Å². The van der Waals surface area contributed by atoms with Gasteiger partial charge in [-0.3, -0.25) is 0 Å². The number of nitrogens with two attached hydrogens (primary N) is 1. The zero-order valence-electron chi connectivity index (χ0n) is 9.56. The van der Waals surface area contributed by atoms with Crippen molar-refractivity contribution in [2.45, 2.75) is 0 Å². The summed E-state index contributed by atoms with van der Waals surface area (Å²) in [6.45, 7) is 7.64. The molecule has 2 heterocycles. The lowest BCUT2D eigenvalue weighted by Crippen LogP contribution is -2.45. The second kappa shape index (κ2) is 4.49. The van der Waals surface area contributed by atoms with Crippen molar-refractivity contribution in [3.8, 4) is 0 Å². The van der Waals surface area contributed by atoms with E-state index in [-0.39, 0.29) is 0 Å². The van der Waals surface area contributed by atoms with E-state index >= 15 is 0 Å². The number of anilines is 2. The van der Waals surface area contributed by atoms with Gasteiger partial charge < -0.3 is 15.5 Å². The molecule has 1 aromatic rings. The summed E-state index contributed by atoms with van der Waals surface area (Å²) in [5.41, 5.74) is 6.51. The molecule has 86 valence electrons. The third-order valence-corrected chi connectivity index (χ3v) is 2.75. The van der Waals surface area contributed by atoms with E-state index in [2.05, 4.69) is 33.4 Å². The van der Waals surface area contributed by atoms with Gasteiger partial charge in [0.25, 0.3) is 0 Å². The molecule has 1 saturated heterocycles. The fraction of sp³-hybridized carbons (Fsp3) is 0.455. The third-order valence-electron chi connectivity index (χ3n) is 2.75. The maximum Gasteiger partial charge on any atom is 0.227 e. The van der Waals surface area contributed by atoms with Gasteiger partial charge in [-0.2, -0.15) is 4.98 Å². The van der Waals surface area contributed by atoms with E-state index in [1.807, 2.05) is 0 Å². The molecule has 2 rings (SSSR count). The molecule has 0 aromatic carbocycles. The first-order valence-corrected chi connectivity index (χ1v) is 5.39. The lowest BCUT2D eigenvalue weighted by Gasteiger charge is -2.32. The summed E-state index contributed by atoms with van der Waals surface area (Å²) in [5.74, 6) is 1.21. The van der Waals surface area contributed by atoms with Gasteiger partial charge in [0.05, 0.1) is 5.69 Å². The number of likely N-dealkylation sites (N-methyl/N-ethyl adjacent to an activating group) is 1. The summed E-state index contributed by atoms with van der Waals surface area (Å²) in [4.78, 5) is 13.1. The van der Waals surface area contributed by atoms with E-state index in [9.17, 15) is 0 Å². The highest BCUT2D eigenvalue weighted by molar-refractivity contribution is 5.51. The van der Waals surface area contributed by atoms with Crippen molar-refractivity contribution in [2.24, 2.45) is 0 Å².